The lowest BCUT2D eigenvalue weighted by Crippen LogP contribution is -2.49. The zero-order valence-corrected chi connectivity index (χ0v) is 21.0. The van der Waals surface area contributed by atoms with E-state index in [-0.39, 0.29) is 11.9 Å². The first-order valence-electron chi connectivity index (χ1n) is 11.8. The molecule has 1 aromatic heterocycles. The quantitative estimate of drug-likeness (QED) is 0.602. The van der Waals surface area contributed by atoms with Gasteiger partial charge >= 0.3 is 6.09 Å². The van der Waals surface area contributed by atoms with Gasteiger partial charge in [-0.1, -0.05) is 30.3 Å². The number of imidazole rings is 1. The molecule has 0 unspecified atom stereocenters. The number of anilines is 1. The molecule has 8 nitrogen and oxygen atoms in total. The number of amides is 2. The lowest BCUT2D eigenvalue weighted by atomic mass is 10.1. The fourth-order valence-corrected chi connectivity index (χ4v) is 4.19. The second-order valence-electron chi connectivity index (χ2n) is 9.79. The van der Waals surface area contributed by atoms with Crippen molar-refractivity contribution in [3.63, 3.8) is 0 Å². The van der Waals surface area contributed by atoms with E-state index in [1.807, 2.05) is 44.4 Å². The van der Waals surface area contributed by atoms with E-state index in [0.717, 1.165) is 36.5 Å². The van der Waals surface area contributed by atoms with Crippen LogP contribution in [-0.4, -0.2) is 52.8 Å². The van der Waals surface area contributed by atoms with Crippen LogP contribution in [0.1, 0.15) is 60.9 Å². The smallest absolute Gasteiger partial charge is 0.407 e. The molecule has 34 heavy (non-hydrogen) atoms. The van der Waals surface area contributed by atoms with Crippen LogP contribution >= 0.6 is 0 Å². The Morgan fingerprint density at radius 2 is 2.00 bits per heavy atom. The van der Waals surface area contributed by atoms with Gasteiger partial charge in [0.15, 0.2) is 0 Å². The van der Waals surface area contributed by atoms with E-state index in [4.69, 9.17) is 9.72 Å². The van der Waals surface area contributed by atoms with Crippen LogP contribution in [0.25, 0.3) is 0 Å². The lowest BCUT2D eigenvalue weighted by molar-refractivity contribution is 0.0499. The fraction of sp³-hybridized carbons (Fsp3) is 0.500. The van der Waals surface area contributed by atoms with E-state index in [2.05, 4.69) is 41.2 Å². The Hall–Kier alpha value is -3.29. The molecule has 1 aliphatic rings. The molecular formula is C26H37N5O3. The summed E-state index contributed by atoms with van der Waals surface area (Å²) in [5, 5.41) is 5.89. The summed E-state index contributed by atoms with van der Waals surface area (Å²) < 4.78 is 7.43. The number of benzene rings is 1. The molecule has 3 rings (SSSR count). The number of nitrogens with zero attached hydrogens (tertiary/aromatic N) is 3. The highest BCUT2D eigenvalue weighted by Gasteiger charge is 2.29. The third-order valence-corrected chi connectivity index (χ3v) is 5.76. The molecule has 1 fully saturated rings. The van der Waals surface area contributed by atoms with E-state index in [1.54, 1.807) is 6.08 Å². The van der Waals surface area contributed by atoms with Gasteiger partial charge in [0.05, 0.1) is 12.2 Å². The number of rotatable bonds is 7. The lowest BCUT2D eigenvalue weighted by Gasteiger charge is -2.34. The molecule has 0 radical (unpaired) electrons. The van der Waals surface area contributed by atoms with Gasteiger partial charge in [0.2, 0.25) is 5.95 Å². The molecule has 0 spiro atoms. The Bertz CT molecular complexity index is 1040. The van der Waals surface area contributed by atoms with Gasteiger partial charge in [0.25, 0.3) is 5.91 Å². The number of carbonyl (C=O) groups excluding carboxylic acids is 2. The molecule has 1 aliphatic heterocycles. The molecule has 0 bridgehead atoms. The molecule has 2 N–H and O–H groups in total. The monoisotopic (exact) mass is 467 g/mol. The number of aryl methyl sites for hydroxylation is 2. The van der Waals surface area contributed by atoms with Crippen molar-refractivity contribution in [2.45, 2.75) is 65.6 Å². The summed E-state index contributed by atoms with van der Waals surface area (Å²) in [6, 6.07) is 8.09. The number of ether oxygens (including phenoxy) is 1. The van der Waals surface area contributed by atoms with E-state index < -0.39 is 11.7 Å². The molecular weight excluding hydrogens is 430 g/mol. The first kappa shape index (κ1) is 25.3. The van der Waals surface area contributed by atoms with Gasteiger partial charge in [-0.15, -0.1) is 6.58 Å². The van der Waals surface area contributed by atoms with Gasteiger partial charge in [0, 0.05) is 25.7 Å². The van der Waals surface area contributed by atoms with Crippen LogP contribution in [0.3, 0.4) is 0 Å². The zero-order valence-electron chi connectivity index (χ0n) is 21.0. The van der Waals surface area contributed by atoms with Gasteiger partial charge in [-0.05, 0) is 58.6 Å². The summed E-state index contributed by atoms with van der Waals surface area (Å²) >= 11 is 0. The van der Waals surface area contributed by atoms with Gasteiger partial charge in [-0.25, -0.2) is 9.78 Å². The number of aromatic nitrogens is 2. The maximum atomic E-state index is 13.0. The summed E-state index contributed by atoms with van der Waals surface area (Å²) in [6.07, 6.45) is 3.01. The number of hydrogen-bond acceptors (Lipinski definition) is 5. The summed E-state index contributed by atoms with van der Waals surface area (Å²) in [5.41, 5.74) is 2.95. The van der Waals surface area contributed by atoms with Crippen molar-refractivity contribution in [3.05, 3.63) is 59.4 Å². The minimum atomic E-state index is -0.549. The van der Waals surface area contributed by atoms with Crippen molar-refractivity contribution < 1.29 is 14.3 Å². The van der Waals surface area contributed by atoms with Gasteiger partial charge in [-0.3, -0.25) is 4.79 Å². The van der Waals surface area contributed by atoms with Crippen molar-refractivity contribution in [2.75, 3.05) is 24.5 Å². The largest absolute Gasteiger partial charge is 0.444 e. The van der Waals surface area contributed by atoms with E-state index >= 15 is 0 Å². The highest BCUT2D eigenvalue weighted by molar-refractivity contribution is 5.94. The van der Waals surface area contributed by atoms with E-state index in [0.29, 0.717) is 31.0 Å². The fourth-order valence-electron chi connectivity index (χ4n) is 4.19. The second kappa shape index (κ2) is 10.8. The van der Waals surface area contributed by atoms with Crippen LogP contribution in [0.5, 0.6) is 0 Å². The Morgan fingerprint density at radius 1 is 1.26 bits per heavy atom. The zero-order chi connectivity index (χ0) is 24.9. The standard InChI is InChI=1S/C26H37N5O3/c1-7-14-27-23(32)22-19(3)28-24(31(22)16-20-12-9-8-11-18(20)2)30-15-10-13-21(17-30)29-25(33)34-26(4,5)6/h7-9,11-12,21H,1,10,13-17H2,2-6H3,(H,27,32)(H,29,33)/t21-/m1/s1. The molecule has 0 saturated carbocycles. The number of nitrogens with one attached hydrogen (secondary N) is 2. The molecule has 2 amide bonds. The number of piperidine rings is 1. The highest BCUT2D eigenvalue weighted by atomic mass is 16.6. The van der Waals surface area contributed by atoms with Gasteiger partial charge in [-0.2, -0.15) is 0 Å². The Kier molecular flexibility index (Phi) is 8.02. The Morgan fingerprint density at radius 3 is 2.68 bits per heavy atom. The third-order valence-electron chi connectivity index (χ3n) is 5.76. The van der Waals surface area contributed by atoms with Crippen molar-refractivity contribution in [1.82, 2.24) is 20.2 Å². The van der Waals surface area contributed by atoms with Crippen LogP contribution in [-0.2, 0) is 11.3 Å². The van der Waals surface area contributed by atoms with Gasteiger partial charge in [0.1, 0.15) is 11.3 Å². The van der Waals surface area contributed by atoms with E-state index in [9.17, 15) is 9.59 Å². The number of hydrogen-bond donors (Lipinski definition) is 2. The SMILES string of the molecule is C=CCNC(=O)c1c(C)nc(N2CCC[C@@H](NC(=O)OC(C)(C)C)C2)n1Cc1ccccc1C. The summed E-state index contributed by atoms with van der Waals surface area (Å²) in [6.45, 7) is 15.5. The van der Waals surface area contributed by atoms with Crippen molar-refractivity contribution in [1.29, 1.82) is 0 Å². The molecule has 2 aromatic rings. The summed E-state index contributed by atoms with van der Waals surface area (Å²) in [7, 11) is 0. The maximum Gasteiger partial charge on any atom is 0.407 e. The topological polar surface area (TPSA) is 88.5 Å². The van der Waals surface area contributed by atoms with Crippen molar-refractivity contribution >= 4 is 17.9 Å². The Labute approximate surface area is 202 Å². The predicted octanol–water partition coefficient (Wildman–Crippen LogP) is 3.96. The molecule has 1 saturated heterocycles. The average molecular weight is 468 g/mol. The molecule has 1 aromatic carbocycles. The predicted molar refractivity (Wildman–Crippen MR) is 134 cm³/mol. The maximum absolute atomic E-state index is 13.0. The van der Waals surface area contributed by atoms with Crippen LogP contribution in [0.4, 0.5) is 10.7 Å². The summed E-state index contributed by atoms with van der Waals surface area (Å²) in [5.74, 6) is 0.561. The third kappa shape index (κ3) is 6.40. The van der Waals surface area contributed by atoms with Crippen LogP contribution in [0.2, 0.25) is 0 Å². The number of carbonyl (C=O) groups is 2. The molecule has 1 atom stereocenters. The first-order chi connectivity index (χ1) is 16.1. The van der Waals surface area contributed by atoms with Crippen LogP contribution < -0.4 is 15.5 Å². The van der Waals surface area contributed by atoms with Crippen LogP contribution in [0.15, 0.2) is 36.9 Å². The number of alkyl carbamates (subject to hydrolysis) is 1. The van der Waals surface area contributed by atoms with Crippen LogP contribution in [0, 0.1) is 13.8 Å². The highest BCUT2D eigenvalue weighted by Crippen LogP contribution is 2.25. The van der Waals surface area contributed by atoms with Gasteiger partial charge < -0.3 is 24.8 Å². The molecule has 2 heterocycles. The second-order valence-corrected chi connectivity index (χ2v) is 9.79. The minimum Gasteiger partial charge on any atom is -0.444 e. The molecule has 8 heteroatoms. The Balaban J connectivity index is 1.90. The summed E-state index contributed by atoms with van der Waals surface area (Å²) in [4.78, 5) is 32.4. The average Bonchev–Trinajstić information content (AvgIpc) is 3.08. The minimum absolute atomic E-state index is 0.0643. The molecule has 0 aliphatic carbocycles. The van der Waals surface area contributed by atoms with E-state index in [1.165, 1.54) is 0 Å². The normalized spacial score (nSPS) is 16.1. The van der Waals surface area contributed by atoms with Crippen molar-refractivity contribution in [2.24, 2.45) is 0 Å². The molecule has 184 valence electrons. The van der Waals surface area contributed by atoms with Crippen molar-refractivity contribution in [3.8, 4) is 0 Å². The first-order valence-corrected chi connectivity index (χ1v) is 11.8.